The SMILES string of the molecule is Cc1ccc2c(c1)C(NC(=O)C1CCC(C(F)(F)F)NC1=O)CS2. The molecule has 130 valence electrons. The van der Waals surface area contributed by atoms with Crippen LogP contribution >= 0.6 is 11.8 Å². The summed E-state index contributed by atoms with van der Waals surface area (Å²) in [5.41, 5.74) is 2.07. The van der Waals surface area contributed by atoms with E-state index < -0.39 is 30.0 Å². The van der Waals surface area contributed by atoms with Crippen LogP contribution in [-0.4, -0.2) is 29.8 Å². The van der Waals surface area contributed by atoms with Crippen molar-refractivity contribution in [3.05, 3.63) is 29.3 Å². The van der Waals surface area contributed by atoms with Crippen molar-refractivity contribution in [2.24, 2.45) is 5.92 Å². The summed E-state index contributed by atoms with van der Waals surface area (Å²) < 4.78 is 38.0. The standard InChI is InChI=1S/C16H17F3N2O2S/c1-8-2-4-12-10(6-8)11(7-24-12)20-14(22)9-3-5-13(16(17,18)19)21-15(9)23/h2,4,6,9,11,13H,3,5,7H2,1H3,(H,20,22)(H,21,23). The molecule has 2 aliphatic rings. The minimum absolute atomic E-state index is 0.0949. The van der Waals surface area contributed by atoms with E-state index in [1.165, 1.54) is 0 Å². The van der Waals surface area contributed by atoms with Crippen LogP contribution in [-0.2, 0) is 9.59 Å². The predicted octanol–water partition coefficient (Wildman–Crippen LogP) is 2.72. The number of rotatable bonds is 2. The molecule has 2 amide bonds. The topological polar surface area (TPSA) is 58.2 Å². The lowest BCUT2D eigenvalue weighted by molar-refractivity contribution is -0.171. The van der Waals surface area contributed by atoms with Crippen molar-refractivity contribution >= 4 is 23.6 Å². The lowest BCUT2D eigenvalue weighted by Crippen LogP contribution is -2.54. The van der Waals surface area contributed by atoms with Gasteiger partial charge in [0.05, 0.1) is 6.04 Å². The zero-order chi connectivity index (χ0) is 17.5. The van der Waals surface area contributed by atoms with Crippen molar-refractivity contribution in [1.29, 1.82) is 0 Å². The number of benzene rings is 1. The Morgan fingerprint density at radius 1 is 1.33 bits per heavy atom. The minimum Gasteiger partial charge on any atom is -0.348 e. The lowest BCUT2D eigenvalue weighted by Gasteiger charge is -2.30. The van der Waals surface area contributed by atoms with Gasteiger partial charge in [-0.25, -0.2) is 0 Å². The van der Waals surface area contributed by atoms with Crippen LogP contribution in [0.15, 0.2) is 23.1 Å². The molecule has 3 unspecified atom stereocenters. The molecule has 0 radical (unpaired) electrons. The van der Waals surface area contributed by atoms with Crippen molar-refractivity contribution in [3.63, 3.8) is 0 Å². The summed E-state index contributed by atoms with van der Waals surface area (Å²) in [5.74, 6) is -1.77. The van der Waals surface area contributed by atoms with Crippen LogP contribution in [0.4, 0.5) is 13.2 Å². The Morgan fingerprint density at radius 3 is 2.75 bits per heavy atom. The van der Waals surface area contributed by atoms with E-state index in [-0.39, 0.29) is 18.9 Å². The van der Waals surface area contributed by atoms with E-state index in [4.69, 9.17) is 0 Å². The molecule has 4 nitrogen and oxygen atoms in total. The Balaban J connectivity index is 1.65. The first-order chi connectivity index (χ1) is 11.3. The van der Waals surface area contributed by atoms with Gasteiger partial charge in [0.15, 0.2) is 0 Å². The molecular formula is C16H17F3N2O2S. The molecule has 8 heteroatoms. The fourth-order valence-corrected chi connectivity index (χ4v) is 4.17. The van der Waals surface area contributed by atoms with Gasteiger partial charge in [-0.1, -0.05) is 17.7 Å². The normalized spacial score (nSPS) is 26.7. The number of halogens is 3. The number of amides is 2. The molecule has 0 saturated carbocycles. The van der Waals surface area contributed by atoms with Crippen LogP contribution in [0, 0.1) is 12.8 Å². The summed E-state index contributed by atoms with van der Waals surface area (Å²) in [6, 6.07) is 3.89. The zero-order valence-corrected chi connectivity index (χ0v) is 13.8. The maximum absolute atomic E-state index is 12.7. The Morgan fingerprint density at radius 2 is 2.08 bits per heavy atom. The number of alkyl halides is 3. The molecule has 2 aliphatic heterocycles. The van der Waals surface area contributed by atoms with Gasteiger partial charge in [-0.3, -0.25) is 9.59 Å². The van der Waals surface area contributed by atoms with Gasteiger partial charge < -0.3 is 10.6 Å². The Bertz CT molecular complexity index is 678. The number of nitrogens with one attached hydrogen (secondary N) is 2. The van der Waals surface area contributed by atoms with E-state index in [2.05, 4.69) is 5.32 Å². The summed E-state index contributed by atoms with van der Waals surface area (Å²) >= 11 is 1.61. The summed E-state index contributed by atoms with van der Waals surface area (Å²) in [5, 5.41) is 4.72. The van der Waals surface area contributed by atoms with E-state index in [1.807, 2.05) is 30.4 Å². The highest BCUT2D eigenvalue weighted by Gasteiger charge is 2.46. The van der Waals surface area contributed by atoms with E-state index in [9.17, 15) is 22.8 Å². The van der Waals surface area contributed by atoms with Crippen molar-refractivity contribution in [2.45, 2.75) is 42.9 Å². The van der Waals surface area contributed by atoms with Gasteiger partial charge in [0, 0.05) is 10.6 Å². The van der Waals surface area contributed by atoms with Crippen molar-refractivity contribution in [3.8, 4) is 0 Å². The van der Waals surface area contributed by atoms with Crippen LogP contribution in [0.1, 0.15) is 30.0 Å². The third-order valence-corrected chi connectivity index (χ3v) is 5.53. The van der Waals surface area contributed by atoms with Crippen LogP contribution in [0.5, 0.6) is 0 Å². The average molecular weight is 358 g/mol. The van der Waals surface area contributed by atoms with Crippen molar-refractivity contribution in [2.75, 3.05) is 5.75 Å². The largest absolute Gasteiger partial charge is 0.408 e. The van der Waals surface area contributed by atoms with Gasteiger partial charge in [-0.2, -0.15) is 13.2 Å². The van der Waals surface area contributed by atoms with Crippen LogP contribution < -0.4 is 10.6 Å². The third-order valence-electron chi connectivity index (χ3n) is 4.35. The number of fused-ring (bicyclic) bond motifs is 1. The smallest absolute Gasteiger partial charge is 0.348 e. The van der Waals surface area contributed by atoms with Crippen molar-refractivity contribution in [1.82, 2.24) is 10.6 Å². The highest BCUT2D eigenvalue weighted by Crippen LogP contribution is 2.39. The molecule has 1 aromatic rings. The molecule has 1 saturated heterocycles. The molecule has 1 fully saturated rings. The highest BCUT2D eigenvalue weighted by molar-refractivity contribution is 7.99. The second-order valence-corrected chi connectivity index (χ2v) is 7.21. The first-order valence-corrected chi connectivity index (χ1v) is 8.65. The fraction of sp³-hybridized carbons (Fsp3) is 0.500. The van der Waals surface area contributed by atoms with Gasteiger partial charge in [0.2, 0.25) is 11.8 Å². The number of thioether (sulfide) groups is 1. The average Bonchev–Trinajstić information content (AvgIpc) is 2.88. The summed E-state index contributed by atoms with van der Waals surface area (Å²) in [6.07, 6.45) is -4.85. The second-order valence-electron chi connectivity index (χ2n) is 6.15. The van der Waals surface area contributed by atoms with Crippen LogP contribution in [0.2, 0.25) is 0 Å². The molecular weight excluding hydrogens is 341 g/mol. The van der Waals surface area contributed by atoms with Gasteiger partial charge >= 0.3 is 6.18 Å². The quantitative estimate of drug-likeness (QED) is 0.800. The van der Waals surface area contributed by atoms with E-state index in [0.29, 0.717) is 5.75 Å². The number of hydrogen-bond donors (Lipinski definition) is 2. The molecule has 3 rings (SSSR count). The van der Waals surface area contributed by atoms with Gasteiger partial charge in [0.1, 0.15) is 12.0 Å². The van der Waals surface area contributed by atoms with E-state index >= 15 is 0 Å². The maximum Gasteiger partial charge on any atom is 0.408 e. The number of aryl methyl sites for hydroxylation is 1. The summed E-state index contributed by atoms with van der Waals surface area (Å²) in [7, 11) is 0. The number of carbonyl (C=O) groups is 2. The number of piperidine rings is 1. The lowest BCUT2D eigenvalue weighted by atomic mass is 9.92. The number of hydrogen-bond acceptors (Lipinski definition) is 3. The Labute approximate surface area is 141 Å². The first kappa shape index (κ1) is 17.1. The summed E-state index contributed by atoms with van der Waals surface area (Å²) in [6.45, 7) is 1.95. The zero-order valence-electron chi connectivity index (χ0n) is 12.9. The van der Waals surface area contributed by atoms with Gasteiger partial charge in [0.25, 0.3) is 0 Å². The first-order valence-electron chi connectivity index (χ1n) is 7.66. The number of carbonyl (C=O) groups excluding carboxylic acids is 2. The maximum atomic E-state index is 12.7. The van der Waals surface area contributed by atoms with Crippen LogP contribution in [0.25, 0.3) is 0 Å². The summed E-state index contributed by atoms with van der Waals surface area (Å²) in [4.78, 5) is 25.3. The van der Waals surface area contributed by atoms with E-state index in [0.717, 1.165) is 16.0 Å². The molecule has 0 bridgehead atoms. The fourth-order valence-electron chi connectivity index (χ4n) is 3.03. The molecule has 0 spiro atoms. The van der Waals surface area contributed by atoms with Crippen molar-refractivity contribution < 1.29 is 22.8 Å². The predicted molar refractivity (Wildman–Crippen MR) is 83.5 cm³/mol. The van der Waals surface area contributed by atoms with Gasteiger partial charge in [-0.15, -0.1) is 11.8 Å². The molecule has 24 heavy (non-hydrogen) atoms. The molecule has 2 heterocycles. The highest BCUT2D eigenvalue weighted by atomic mass is 32.2. The molecule has 1 aromatic carbocycles. The molecule has 2 N–H and O–H groups in total. The van der Waals surface area contributed by atoms with E-state index in [1.54, 1.807) is 11.8 Å². The monoisotopic (exact) mass is 358 g/mol. The van der Waals surface area contributed by atoms with Crippen LogP contribution in [0.3, 0.4) is 0 Å². The third kappa shape index (κ3) is 3.38. The second kappa shape index (κ2) is 6.31. The Kier molecular flexibility index (Phi) is 4.50. The molecule has 3 atom stereocenters. The molecule has 0 aliphatic carbocycles. The Hall–Kier alpha value is -1.70. The minimum atomic E-state index is -4.48. The van der Waals surface area contributed by atoms with Gasteiger partial charge in [-0.05, 0) is 31.4 Å². The molecule has 0 aromatic heterocycles.